The summed E-state index contributed by atoms with van der Waals surface area (Å²) in [6.45, 7) is 4.62. The van der Waals surface area contributed by atoms with Gasteiger partial charge < -0.3 is 8.85 Å². The molecule has 0 bridgehead atoms. The molecular weight excluding hydrogens is 180 g/mol. The Balaban J connectivity index is 2.60. The second-order valence-corrected chi connectivity index (χ2v) is 7.70. The van der Waals surface area contributed by atoms with E-state index in [2.05, 4.69) is 13.8 Å². The van der Waals surface area contributed by atoms with Crippen molar-refractivity contribution in [1.29, 1.82) is 0 Å². The van der Waals surface area contributed by atoms with Crippen molar-refractivity contribution in [2.24, 2.45) is 5.92 Å². The maximum atomic E-state index is 5.49. The van der Waals surface area contributed by atoms with E-state index in [1.807, 2.05) is 0 Å². The van der Waals surface area contributed by atoms with Gasteiger partial charge in [-0.2, -0.15) is 0 Å². The first-order valence-corrected chi connectivity index (χ1v) is 6.70. The highest BCUT2D eigenvalue weighted by molar-refractivity contribution is 6.48. The molecule has 0 N–H and O–H groups in total. The van der Waals surface area contributed by atoms with E-state index >= 15 is 0 Å². The first kappa shape index (κ1) is 11.2. The molecule has 0 aromatic rings. The Morgan fingerprint density at radius 2 is 1.54 bits per heavy atom. The van der Waals surface area contributed by atoms with Crippen molar-refractivity contribution in [3.8, 4) is 0 Å². The number of hydrogen-bond acceptors (Lipinski definition) is 2. The maximum Gasteiger partial charge on any atom is 0.327 e. The van der Waals surface area contributed by atoms with Crippen molar-refractivity contribution in [2.45, 2.75) is 44.6 Å². The van der Waals surface area contributed by atoms with Crippen LogP contribution in [-0.4, -0.2) is 23.5 Å². The third-order valence-corrected chi connectivity index (χ3v) is 5.99. The van der Waals surface area contributed by atoms with E-state index in [1.165, 1.54) is 25.7 Å². The molecule has 0 radical (unpaired) electrons. The lowest BCUT2D eigenvalue weighted by Crippen LogP contribution is -2.37. The number of hydrogen-bond donors (Lipinski definition) is 0. The molecule has 1 saturated carbocycles. The Kier molecular flexibility index (Phi) is 3.95. The standard InChI is InChI=1S/C10H22O2Si/c1-10(2,13(11-3)12-4)9-7-5-6-8-9/h9,13H,5-8H2,1-4H3. The van der Waals surface area contributed by atoms with Gasteiger partial charge >= 0.3 is 9.28 Å². The Morgan fingerprint density at radius 1 is 1.08 bits per heavy atom. The molecule has 0 aromatic heterocycles. The van der Waals surface area contributed by atoms with Gasteiger partial charge in [0.25, 0.3) is 0 Å². The van der Waals surface area contributed by atoms with Crippen LogP contribution >= 0.6 is 0 Å². The molecule has 0 saturated heterocycles. The molecule has 0 aromatic carbocycles. The summed E-state index contributed by atoms with van der Waals surface area (Å²) in [6, 6.07) is 0. The highest BCUT2D eigenvalue weighted by atomic mass is 28.3. The van der Waals surface area contributed by atoms with E-state index in [-0.39, 0.29) is 0 Å². The van der Waals surface area contributed by atoms with Gasteiger partial charge in [0.2, 0.25) is 0 Å². The first-order chi connectivity index (χ1) is 6.12. The van der Waals surface area contributed by atoms with E-state index < -0.39 is 9.28 Å². The minimum Gasteiger partial charge on any atom is -0.400 e. The van der Waals surface area contributed by atoms with Crippen LogP contribution in [0.25, 0.3) is 0 Å². The second-order valence-electron chi connectivity index (χ2n) is 4.61. The molecule has 2 nitrogen and oxygen atoms in total. The molecule has 0 amide bonds. The summed E-state index contributed by atoms with van der Waals surface area (Å²) in [5.74, 6) is 0.823. The largest absolute Gasteiger partial charge is 0.400 e. The van der Waals surface area contributed by atoms with Gasteiger partial charge in [-0.3, -0.25) is 0 Å². The van der Waals surface area contributed by atoms with E-state index in [0.29, 0.717) is 5.04 Å². The van der Waals surface area contributed by atoms with E-state index in [1.54, 1.807) is 14.2 Å². The Morgan fingerprint density at radius 3 is 1.92 bits per heavy atom. The highest BCUT2D eigenvalue weighted by Gasteiger charge is 2.41. The van der Waals surface area contributed by atoms with Crippen molar-refractivity contribution in [3.63, 3.8) is 0 Å². The lowest BCUT2D eigenvalue weighted by molar-refractivity contribution is 0.219. The van der Waals surface area contributed by atoms with Crippen molar-refractivity contribution < 1.29 is 8.85 Å². The molecule has 0 unspecified atom stereocenters. The third-order valence-electron chi connectivity index (χ3n) is 3.44. The van der Waals surface area contributed by atoms with Crippen LogP contribution < -0.4 is 0 Å². The van der Waals surface area contributed by atoms with Crippen LogP contribution in [0.15, 0.2) is 0 Å². The summed E-state index contributed by atoms with van der Waals surface area (Å²) >= 11 is 0. The summed E-state index contributed by atoms with van der Waals surface area (Å²) in [4.78, 5) is 0. The van der Waals surface area contributed by atoms with Gasteiger partial charge in [-0.15, -0.1) is 0 Å². The quantitative estimate of drug-likeness (QED) is 0.652. The lowest BCUT2D eigenvalue weighted by atomic mass is 9.93. The summed E-state index contributed by atoms with van der Waals surface area (Å²) in [6.07, 6.45) is 5.51. The molecule has 0 heterocycles. The molecule has 0 spiro atoms. The minimum atomic E-state index is -1.45. The highest BCUT2D eigenvalue weighted by Crippen LogP contribution is 2.46. The van der Waals surface area contributed by atoms with Gasteiger partial charge in [0.05, 0.1) is 0 Å². The van der Waals surface area contributed by atoms with Crippen LogP contribution in [0.4, 0.5) is 0 Å². The molecule has 1 aliphatic carbocycles. The summed E-state index contributed by atoms with van der Waals surface area (Å²) < 4.78 is 11.0. The van der Waals surface area contributed by atoms with E-state index in [9.17, 15) is 0 Å². The zero-order valence-corrected chi connectivity index (χ0v) is 10.5. The predicted molar refractivity (Wildman–Crippen MR) is 57.2 cm³/mol. The average Bonchev–Trinajstić information content (AvgIpc) is 2.58. The van der Waals surface area contributed by atoms with Crippen molar-refractivity contribution in [2.75, 3.05) is 14.2 Å². The number of rotatable bonds is 4. The van der Waals surface area contributed by atoms with Crippen LogP contribution in [0.5, 0.6) is 0 Å². The zero-order chi connectivity index (χ0) is 9.90. The molecule has 1 rings (SSSR count). The molecule has 0 aliphatic heterocycles. The van der Waals surface area contributed by atoms with E-state index in [0.717, 1.165) is 5.92 Å². The van der Waals surface area contributed by atoms with Crippen LogP contribution in [0.2, 0.25) is 5.04 Å². The first-order valence-electron chi connectivity index (χ1n) is 5.18. The lowest BCUT2D eigenvalue weighted by Gasteiger charge is -2.35. The normalized spacial score (nSPS) is 20.1. The Hall–Kier alpha value is 0.137. The molecule has 1 fully saturated rings. The molecule has 78 valence electrons. The smallest absolute Gasteiger partial charge is 0.327 e. The molecule has 1 aliphatic rings. The summed E-state index contributed by atoms with van der Waals surface area (Å²) in [7, 11) is 2.12. The Labute approximate surface area is 83.5 Å². The minimum absolute atomic E-state index is 0.292. The summed E-state index contributed by atoms with van der Waals surface area (Å²) in [5.41, 5.74) is 0. The predicted octanol–water partition coefficient (Wildman–Crippen LogP) is 2.47. The van der Waals surface area contributed by atoms with Crippen molar-refractivity contribution in [3.05, 3.63) is 0 Å². The van der Waals surface area contributed by atoms with Gasteiger partial charge in [-0.05, 0) is 5.92 Å². The van der Waals surface area contributed by atoms with Gasteiger partial charge in [0, 0.05) is 19.3 Å². The van der Waals surface area contributed by atoms with Gasteiger partial charge in [0.15, 0.2) is 0 Å². The molecule has 13 heavy (non-hydrogen) atoms. The van der Waals surface area contributed by atoms with Gasteiger partial charge in [-0.1, -0.05) is 39.5 Å². The average molecular weight is 202 g/mol. The third kappa shape index (κ3) is 2.33. The molecule has 3 heteroatoms. The topological polar surface area (TPSA) is 18.5 Å². The zero-order valence-electron chi connectivity index (χ0n) is 9.30. The van der Waals surface area contributed by atoms with Gasteiger partial charge in [-0.25, -0.2) is 0 Å². The SMILES string of the molecule is CO[SiH](OC)C(C)(C)C1CCCC1. The molecular formula is C10H22O2Si. The van der Waals surface area contributed by atoms with Crippen molar-refractivity contribution in [1.82, 2.24) is 0 Å². The fourth-order valence-corrected chi connectivity index (χ4v) is 4.69. The second kappa shape index (κ2) is 4.58. The Bertz CT molecular complexity index is 145. The summed E-state index contributed by atoms with van der Waals surface area (Å²) in [5, 5.41) is 0.292. The molecule has 0 atom stereocenters. The fourth-order valence-electron chi connectivity index (χ4n) is 2.57. The van der Waals surface area contributed by atoms with Crippen LogP contribution in [-0.2, 0) is 8.85 Å². The van der Waals surface area contributed by atoms with Crippen LogP contribution in [0.3, 0.4) is 0 Å². The van der Waals surface area contributed by atoms with Crippen molar-refractivity contribution >= 4 is 9.28 Å². The van der Waals surface area contributed by atoms with Gasteiger partial charge in [0.1, 0.15) is 0 Å². The monoisotopic (exact) mass is 202 g/mol. The van der Waals surface area contributed by atoms with Crippen LogP contribution in [0.1, 0.15) is 39.5 Å². The maximum absolute atomic E-state index is 5.49. The van der Waals surface area contributed by atoms with Crippen LogP contribution in [0, 0.1) is 5.92 Å². The fraction of sp³-hybridized carbons (Fsp3) is 1.00. The van der Waals surface area contributed by atoms with E-state index in [4.69, 9.17) is 8.85 Å².